The van der Waals surface area contributed by atoms with Crippen molar-refractivity contribution in [2.45, 2.75) is 6.29 Å². The summed E-state index contributed by atoms with van der Waals surface area (Å²) in [4.78, 5) is 0. The number of nitrogens with one attached hydrogen (secondary N) is 1. The standard InChI is InChI=1S/C2H9BrN4/c1-7(5)2(4)6-3/h2,6H,4-5H2,1H3. The lowest BCUT2D eigenvalue weighted by molar-refractivity contribution is 0.248. The number of hydrogen-bond donors (Lipinski definition) is 3. The van der Waals surface area contributed by atoms with E-state index in [1.165, 1.54) is 5.01 Å². The van der Waals surface area contributed by atoms with Crippen LogP contribution in [0.2, 0.25) is 0 Å². The first-order chi connectivity index (χ1) is 3.18. The lowest BCUT2D eigenvalue weighted by Crippen LogP contribution is -2.49. The molecule has 0 aliphatic rings. The minimum atomic E-state index is -0.319. The summed E-state index contributed by atoms with van der Waals surface area (Å²) in [5.74, 6) is 5.16. The van der Waals surface area contributed by atoms with Crippen molar-refractivity contribution in [2.24, 2.45) is 11.6 Å². The highest BCUT2D eigenvalue weighted by atomic mass is 79.9. The van der Waals surface area contributed by atoms with E-state index < -0.39 is 0 Å². The first-order valence-corrected chi connectivity index (χ1v) is 2.57. The van der Waals surface area contributed by atoms with Crippen molar-refractivity contribution < 1.29 is 0 Å². The van der Waals surface area contributed by atoms with Crippen LogP contribution in [0.15, 0.2) is 0 Å². The summed E-state index contributed by atoms with van der Waals surface area (Å²) in [6.07, 6.45) is -0.319. The molecular formula is C2H9BrN4. The fraction of sp³-hybridized carbons (Fsp3) is 1.00. The fourth-order valence-electron chi connectivity index (χ4n) is 0.0770. The number of nitrogens with zero attached hydrogens (tertiary/aromatic N) is 1. The van der Waals surface area contributed by atoms with Gasteiger partial charge in [-0.3, -0.25) is 5.84 Å². The minimum absolute atomic E-state index is 0.319. The van der Waals surface area contributed by atoms with Crippen LogP contribution < -0.4 is 15.9 Å². The monoisotopic (exact) mass is 168 g/mol. The maximum atomic E-state index is 5.26. The van der Waals surface area contributed by atoms with Crippen molar-refractivity contribution in [1.82, 2.24) is 9.35 Å². The van der Waals surface area contributed by atoms with Crippen molar-refractivity contribution >= 4 is 16.1 Å². The number of halogens is 1. The summed E-state index contributed by atoms with van der Waals surface area (Å²) in [6, 6.07) is 0. The Balaban J connectivity index is 3.14. The van der Waals surface area contributed by atoms with E-state index in [2.05, 4.69) is 20.5 Å². The van der Waals surface area contributed by atoms with Crippen molar-refractivity contribution in [2.75, 3.05) is 7.05 Å². The van der Waals surface area contributed by atoms with Gasteiger partial charge in [-0.05, 0) is 0 Å². The number of nitrogens with two attached hydrogens (primary N) is 2. The Morgan fingerprint density at radius 3 is 2.29 bits per heavy atom. The molecule has 0 aromatic carbocycles. The van der Waals surface area contributed by atoms with E-state index in [0.29, 0.717) is 0 Å². The summed E-state index contributed by atoms with van der Waals surface area (Å²) in [7, 11) is 1.67. The van der Waals surface area contributed by atoms with Crippen LogP contribution in [0.4, 0.5) is 0 Å². The van der Waals surface area contributed by atoms with Crippen molar-refractivity contribution in [1.29, 1.82) is 0 Å². The Kier molecular flexibility index (Phi) is 3.49. The van der Waals surface area contributed by atoms with Crippen LogP contribution in [0.1, 0.15) is 0 Å². The molecule has 5 heteroatoms. The maximum Gasteiger partial charge on any atom is 0.133 e. The Morgan fingerprint density at radius 1 is 1.86 bits per heavy atom. The number of hydrazine groups is 1. The Hall–Kier alpha value is 0.320. The van der Waals surface area contributed by atoms with Crippen LogP contribution in [0.25, 0.3) is 0 Å². The average Bonchev–Trinajstić information content (AvgIpc) is 1.65. The Morgan fingerprint density at radius 2 is 2.29 bits per heavy atom. The van der Waals surface area contributed by atoms with E-state index in [0.717, 1.165) is 0 Å². The molecule has 0 spiro atoms. The SMILES string of the molecule is CN(N)C(N)NBr. The normalized spacial score (nSPS) is 15.0. The first kappa shape index (κ1) is 7.32. The van der Waals surface area contributed by atoms with Gasteiger partial charge in [0.1, 0.15) is 6.29 Å². The van der Waals surface area contributed by atoms with E-state index in [9.17, 15) is 0 Å². The van der Waals surface area contributed by atoms with Crippen LogP contribution in [-0.2, 0) is 0 Å². The molecule has 4 nitrogen and oxygen atoms in total. The molecule has 0 bridgehead atoms. The molecule has 5 N–H and O–H groups in total. The van der Waals surface area contributed by atoms with Crippen LogP contribution >= 0.6 is 16.1 Å². The van der Waals surface area contributed by atoms with Gasteiger partial charge in [0, 0.05) is 23.2 Å². The molecule has 0 heterocycles. The summed E-state index contributed by atoms with van der Waals surface area (Å²) in [5.41, 5.74) is 5.26. The molecule has 0 aromatic heterocycles. The lowest BCUT2D eigenvalue weighted by Gasteiger charge is -2.15. The molecule has 0 saturated heterocycles. The van der Waals surface area contributed by atoms with Crippen molar-refractivity contribution in [3.8, 4) is 0 Å². The van der Waals surface area contributed by atoms with Gasteiger partial charge < -0.3 is 5.73 Å². The molecule has 0 amide bonds. The zero-order valence-electron chi connectivity index (χ0n) is 4.06. The van der Waals surface area contributed by atoms with Gasteiger partial charge in [-0.25, -0.2) is 9.35 Å². The Bertz CT molecular complexity index is 47.0. The molecular weight excluding hydrogens is 160 g/mol. The van der Waals surface area contributed by atoms with Crippen LogP contribution in [0, 0.1) is 0 Å². The van der Waals surface area contributed by atoms with Crippen molar-refractivity contribution in [3.63, 3.8) is 0 Å². The van der Waals surface area contributed by atoms with Gasteiger partial charge in [0.15, 0.2) is 0 Å². The predicted octanol–water partition coefficient (Wildman–Crippen LogP) is -1.07. The van der Waals surface area contributed by atoms with Crippen LogP contribution in [0.3, 0.4) is 0 Å². The molecule has 7 heavy (non-hydrogen) atoms. The number of rotatable bonds is 2. The molecule has 0 aromatic rings. The summed E-state index contributed by atoms with van der Waals surface area (Å²) < 4.78 is 2.56. The van der Waals surface area contributed by atoms with Gasteiger partial charge in [0.25, 0.3) is 0 Å². The van der Waals surface area contributed by atoms with Gasteiger partial charge in [-0.1, -0.05) is 0 Å². The third-order valence-corrected chi connectivity index (χ3v) is 1.02. The zero-order valence-corrected chi connectivity index (χ0v) is 5.64. The van der Waals surface area contributed by atoms with Crippen LogP contribution in [0.5, 0.6) is 0 Å². The molecule has 0 saturated carbocycles. The lowest BCUT2D eigenvalue weighted by atomic mass is 10.9. The highest BCUT2D eigenvalue weighted by Crippen LogP contribution is 1.75. The third kappa shape index (κ3) is 2.95. The molecule has 0 radical (unpaired) electrons. The van der Waals surface area contributed by atoms with Gasteiger partial charge in [0.2, 0.25) is 0 Å². The van der Waals surface area contributed by atoms with Gasteiger partial charge in [0.05, 0.1) is 0 Å². The topological polar surface area (TPSA) is 67.3 Å². The van der Waals surface area contributed by atoms with E-state index in [1.807, 2.05) is 0 Å². The van der Waals surface area contributed by atoms with E-state index in [-0.39, 0.29) is 6.29 Å². The molecule has 0 aliphatic heterocycles. The zero-order chi connectivity index (χ0) is 5.86. The summed E-state index contributed by atoms with van der Waals surface area (Å²) in [6.45, 7) is 0. The molecule has 44 valence electrons. The fourth-order valence-corrected chi connectivity index (χ4v) is 0.400. The minimum Gasteiger partial charge on any atom is -0.302 e. The highest BCUT2D eigenvalue weighted by molar-refractivity contribution is 9.08. The van der Waals surface area contributed by atoms with E-state index in [4.69, 9.17) is 11.6 Å². The summed E-state index contributed by atoms with van der Waals surface area (Å²) in [5, 5.41) is 1.34. The quantitative estimate of drug-likeness (QED) is 0.213. The second-order valence-corrected chi connectivity index (χ2v) is 1.68. The second-order valence-electron chi connectivity index (χ2n) is 1.22. The molecule has 1 unspecified atom stereocenters. The molecule has 1 atom stereocenters. The number of hydrogen-bond acceptors (Lipinski definition) is 4. The van der Waals surface area contributed by atoms with E-state index >= 15 is 0 Å². The smallest absolute Gasteiger partial charge is 0.133 e. The van der Waals surface area contributed by atoms with Gasteiger partial charge in [-0.15, -0.1) is 0 Å². The second kappa shape index (κ2) is 3.34. The third-order valence-electron chi connectivity index (χ3n) is 0.551. The largest absolute Gasteiger partial charge is 0.302 e. The first-order valence-electron chi connectivity index (χ1n) is 1.77. The molecule has 0 fully saturated rings. The van der Waals surface area contributed by atoms with Gasteiger partial charge in [-0.2, -0.15) is 0 Å². The Labute approximate surface area is 51.1 Å². The predicted molar refractivity (Wildman–Crippen MR) is 32.0 cm³/mol. The molecule has 0 rings (SSSR count). The van der Waals surface area contributed by atoms with E-state index in [1.54, 1.807) is 7.05 Å². The maximum absolute atomic E-state index is 5.26. The highest BCUT2D eigenvalue weighted by Gasteiger charge is 1.98. The van der Waals surface area contributed by atoms with Crippen LogP contribution in [-0.4, -0.2) is 18.3 Å². The molecule has 0 aliphatic carbocycles. The van der Waals surface area contributed by atoms with Crippen molar-refractivity contribution in [3.05, 3.63) is 0 Å². The summed E-state index contributed by atoms with van der Waals surface area (Å²) >= 11 is 2.92. The average molecular weight is 169 g/mol. The van der Waals surface area contributed by atoms with Gasteiger partial charge >= 0.3 is 0 Å².